The van der Waals surface area contributed by atoms with Crippen LogP contribution in [0.3, 0.4) is 0 Å². The zero-order valence-electron chi connectivity index (χ0n) is 9.67. The van der Waals surface area contributed by atoms with E-state index in [1.54, 1.807) is 6.07 Å². The van der Waals surface area contributed by atoms with Gasteiger partial charge in [0.15, 0.2) is 11.5 Å². The van der Waals surface area contributed by atoms with E-state index < -0.39 is 0 Å². The summed E-state index contributed by atoms with van der Waals surface area (Å²) in [5.74, 6) is 2.08. The maximum Gasteiger partial charge on any atom is 0.299 e. The molecule has 1 aliphatic heterocycles. The molecule has 0 saturated heterocycles. The minimum Gasteiger partial charge on any atom is -0.454 e. The normalized spacial score (nSPS) is 12.7. The van der Waals surface area contributed by atoms with Crippen molar-refractivity contribution >= 4 is 11.3 Å². The first-order valence-electron chi connectivity index (χ1n) is 5.39. The lowest BCUT2D eigenvalue weighted by Gasteiger charge is -2.01. The summed E-state index contributed by atoms with van der Waals surface area (Å²) in [4.78, 5) is 0. The highest BCUT2D eigenvalue weighted by atomic mass is 32.1. The number of nitrogens with zero attached hydrogens (tertiary/aromatic N) is 2. The van der Waals surface area contributed by atoms with Crippen molar-refractivity contribution in [3.05, 3.63) is 23.2 Å². The Morgan fingerprint density at radius 1 is 1.33 bits per heavy atom. The van der Waals surface area contributed by atoms with Gasteiger partial charge < -0.3 is 19.5 Å². The molecule has 0 atom stereocenters. The quantitative estimate of drug-likeness (QED) is 0.909. The highest BCUT2D eigenvalue weighted by molar-refractivity contribution is 7.13. The zero-order valence-corrected chi connectivity index (χ0v) is 10.5. The summed E-state index contributed by atoms with van der Waals surface area (Å²) < 4.78 is 16.1. The summed E-state index contributed by atoms with van der Waals surface area (Å²) in [6, 6.07) is 5.40. The molecule has 18 heavy (non-hydrogen) atoms. The van der Waals surface area contributed by atoms with Crippen molar-refractivity contribution in [3.63, 3.8) is 0 Å². The predicted molar refractivity (Wildman–Crippen MR) is 65.3 cm³/mol. The molecule has 1 aromatic heterocycles. The lowest BCUT2D eigenvalue weighted by Crippen LogP contribution is -2.04. The summed E-state index contributed by atoms with van der Waals surface area (Å²) in [7, 11) is 1.86. The second kappa shape index (κ2) is 4.79. The molecular formula is C11H11N3O3S. The van der Waals surface area contributed by atoms with Gasteiger partial charge in [0.05, 0.1) is 0 Å². The Balaban J connectivity index is 1.75. The maximum atomic E-state index is 5.61. The highest BCUT2D eigenvalue weighted by Gasteiger charge is 2.14. The molecule has 2 heterocycles. The molecule has 0 amide bonds. The first-order chi connectivity index (χ1) is 8.85. The maximum absolute atomic E-state index is 5.61. The van der Waals surface area contributed by atoms with E-state index in [0.717, 1.165) is 10.8 Å². The third-order valence-electron chi connectivity index (χ3n) is 2.33. The summed E-state index contributed by atoms with van der Waals surface area (Å²) in [6.45, 7) is 0.937. The van der Waals surface area contributed by atoms with Crippen molar-refractivity contribution < 1.29 is 14.2 Å². The van der Waals surface area contributed by atoms with Crippen molar-refractivity contribution in [2.45, 2.75) is 6.54 Å². The van der Waals surface area contributed by atoms with Gasteiger partial charge in [-0.25, -0.2) is 0 Å². The van der Waals surface area contributed by atoms with Gasteiger partial charge in [0, 0.05) is 12.6 Å². The molecule has 1 aliphatic rings. The van der Waals surface area contributed by atoms with E-state index in [1.807, 2.05) is 19.2 Å². The Labute approximate surface area is 108 Å². The van der Waals surface area contributed by atoms with Gasteiger partial charge in [0.1, 0.15) is 10.8 Å². The van der Waals surface area contributed by atoms with Gasteiger partial charge in [0.2, 0.25) is 6.79 Å². The van der Waals surface area contributed by atoms with E-state index in [-0.39, 0.29) is 6.79 Å². The molecule has 94 valence electrons. The molecule has 6 nitrogen and oxygen atoms in total. The van der Waals surface area contributed by atoms with Crippen LogP contribution in [-0.4, -0.2) is 24.0 Å². The van der Waals surface area contributed by atoms with Crippen LogP contribution < -0.4 is 19.5 Å². The van der Waals surface area contributed by atoms with Crippen LogP contribution in [0.4, 0.5) is 0 Å². The summed E-state index contributed by atoms with van der Waals surface area (Å²) in [6.07, 6.45) is 0. The number of benzene rings is 1. The Kier molecular flexibility index (Phi) is 2.99. The largest absolute Gasteiger partial charge is 0.454 e. The topological polar surface area (TPSA) is 65.5 Å². The Hall–Kier alpha value is -1.86. The van der Waals surface area contributed by atoms with Gasteiger partial charge in [-0.15, -0.1) is 5.10 Å². The predicted octanol–water partition coefficient (Wildman–Crippen LogP) is 1.78. The SMILES string of the molecule is CNCc1nnc(Oc2ccc3c(c2)OCO3)s1. The molecule has 0 fully saturated rings. The number of aromatic nitrogens is 2. The standard InChI is InChI=1S/C11H11N3O3S/c1-12-5-10-13-14-11(18-10)17-7-2-3-8-9(4-7)16-6-15-8/h2-4,12H,5-6H2,1H3. The number of ether oxygens (including phenoxy) is 3. The molecule has 0 aliphatic carbocycles. The first kappa shape index (κ1) is 11.2. The molecule has 0 spiro atoms. The van der Waals surface area contributed by atoms with Crippen LogP contribution in [0.15, 0.2) is 18.2 Å². The third-order valence-corrected chi connectivity index (χ3v) is 3.13. The van der Waals surface area contributed by atoms with E-state index >= 15 is 0 Å². The fourth-order valence-corrected chi connectivity index (χ4v) is 2.26. The number of hydrogen-bond donors (Lipinski definition) is 1. The second-order valence-corrected chi connectivity index (χ2v) is 4.63. The van der Waals surface area contributed by atoms with Gasteiger partial charge in [-0.05, 0) is 19.2 Å². The molecule has 1 N–H and O–H groups in total. The van der Waals surface area contributed by atoms with Crippen LogP contribution in [0, 0.1) is 0 Å². The van der Waals surface area contributed by atoms with E-state index in [1.165, 1.54) is 11.3 Å². The number of fused-ring (bicyclic) bond motifs is 1. The lowest BCUT2D eigenvalue weighted by molar-refractivity contribution is 0.174. The molecule has 1 aromatic carbocycles. The zero-order chi connectivity index (χ0) is 12.4. The van der Waals surface area contributed by atoms with E-state index in [9.17, 15) is 0 Å². The molecule has 0 unspecified atom stereocenters. The Morgan fingerprint density at radius 3 is 3.11 bits per heavy atom. The number of nitrogens with one attached hydrogen (secondary N) is 1. The monoisotopic (exact) mass is 265 g/mol. The van der Waals surface area contributed by atoms with E-state index in [0.29, 0.717) is 23.2 Å². The van der Waals surface area contributed by atoms with Crippen molar-refractivity contribution in [1.82, 2.24) is 15.5 Å². The van der Waals surface area contributed by atoms with Crippen molar-refractivity contribution in [2.24, 2.45) is 0 Å². The van der Waals surface area contributed by atoms with Gasteiger partial charge in [-0.3, -0.25) is 0 Å². The minimum absolute atomic E-state index is 0.254. The van der Waals surface area contributed by atoms with E-state index in [4.69, 9.17) is 14.2 Å². The van der Waals surface area contributed by atoms with Crippen LogP contribution in [0.1, 0.15) is 5.01 Å². The Bertz CT molecular complexity index is 558. The van der Waals surface area contributed by atoms with E-state index in [2.05, 4.69) is 15.5 Å². The van der Waals surface area contributed by atoms with Gasteiger partial charge >= 0.3 is 0 Å². The van der Waals surface area contributed by atoms with Crippen LogP contribution in [-0.2, 0) is 6.54 Å². The number of hydrogen-bond acceptors (Lipinski definition) is 7. The summed E-state index contributed by atoms with van der Waals surface area (Å²) in [5.41, 5.74) is 0. The fourth-order valence-electron chi connectivity index (χ4n) is 1.54. The molecule has 0 bridgehead atoms. The van der Waals surface area contributed by atoms with Crippen LogP contribution in [0.25, 0.3) is 0 Å². The van der Waals surface area contributed by atoms with Gasteiger partial charge in [-0.2, -0.15) is 0 Å². The summed E-state index contributed by atoms with van der Waals surface area (Å²) >= 11 is 1.41. The smallest absolute Gasteiger partial charge is 0.299 e. The minimum atomic E-state index is 0.254. The van der Waals surface area contributed by atoms with Gasteiger partial charge in [0.25, 0.3) is 5.19 Å². The molecule has 3 rings (SSSR count). The highest BCUT2D eigenvalue weighted by Crippen LogP contribution is 2.36. The molecule has 7 heteroatoms. The summed E-state index contributed by atoms with van der Waals surface area (Å²) in [5, 5.41) is 12.4. The molecule has 2 aromatic rings. The second-order valence-electron chi connectivity index (χ2n) is 3.61. The van der Waals surface area contributed by atoms with Crippen LogP contribution in [0.2, 0.25) is 0 Å². The first-order valence-corrected chi connectivity index (χ1v) is 6.21. The lowest BCUT2D eigenvalue weighted by atomic mass is 10.3. The Morgan fingerprint density at radius 2 is 2.22 bits per heavy atom. The average molecular weight is 265 g/mol. The van der Waals surface area contributed by atoms with Crippen LogP contribution >= 0.6 is 11.3 Å². The molecule has 0 saturated carbocycles. The van der Waals surface area contributed by atoms with Crippen molar-refractivity contribution in [1.29, 1.82) is 0 Å². The van der Waals surface area contributed by atoms with Crippen LogP contribution in [0.5, 0.6) is 22.4 Å². The van der Waals surface area contributed by atoms with Crippen molar-refractivity contribution in [2.75, 3.05) is 13.8 Å². The fraction of sp³-hybridized carbons (Fsp3) is 0.273. The van der Waals surface area contributed by atoms with Gasteiger partial charge in [-0.1, -0.05) is 16.4 Å². The molecule has 0 radical (unpaired) electrons. The molecular weight excluding hydrogens is 254 g/mol. The third kappa shape index (κ3) is 2.22. The average Bonchev–Trinajstić information content (AvgIpc) is 2.98. The number of rotatable bonds is 4. The van der Waals surface area contributed by atoms with Crippen molar-refractivity contribution in [3.8, 4) is 22.4 Å².